The van der Waals surface area contributed by atoms with E-state index in [1.54, 1.807) is 0 Å². The number of rotatable bonds is 8. The summed E-state index contributed by atoms with van der Waals surface area (Å²) in [7, 11) is 0. The fourth-order valence-corrected chi connectivity index (χ4v) is 1.95. The molecule has 98 valence electrons. The van der Waals surface area contributed by atoms with Crippen molar-refractivity contribution < 1.29 is 9.27 Å². The first-order valence-corrected chi connectivity index (χ1v) is 6.84. The van der Waals surface area contributed by atoms with Crippen molar-refractivity contribution in [2.45, 2.75) is 65.3 Å². The predicted molar refractivity (Wildman–Crippen MR) is 69.4 cm³/mol. The second kappa shape index (κ2) is 10.2. The summed E-state index contributed by atoms with van der Waals surface area (Å²) < 4.78 is 2.30. The minimum atomic E-state index is 0. The third-order valence-electron chi connectivity index (χ3n) is 3.14. The Morgan fingerprint density at radius 1 is 0.882 bits per heavy atom. The Kier molecular flexibility index (Phi) is 9.69. The SMILES string of the molecule is CCCCCCCC[n+]1ccc(CC)cc1.[F-]. The van der Waals surface area contributed by atoms with Gasteiger partial charge in [0.1, 0.15) is 6.54 Å². The van der Waals surface area contributed by atoms with Gasteiger partial charge in [-0.25, -0.2) is 4.57 Å². The summed E-state index contributed by atoms with van der Waals surface area (Å²) in [5.41, 5.74) is 1.43. The van der Waals surface area contributed by atoms with Crippen molar-refractivity contribution in [2.24, 2.45) is 0 Å². The van der Waals surface area contributed by atoms with Gasteiger partial charge in [0.2, 0.25) is 0 Å². The Hall–Kier alpha value is -0.920. The van der Waals surface area contributed by atoms with Crippen molar-refractivity contribution in [3.05, 3.63) is 30.1 Å². The van der Waals surface area contributed by atoms with E-state index < -0.39 is 0 Å². The van der Waals surface area contributed by atoms with E-state index in [1.807, 2.05) is 0 Å². The summed E-state index contributed by atoms with van der Waals surface area (Å²) in [6.45, 7) is 5.65. The topological polar surface area (TPSA) is 3.88 Å². The second-order valence-electron chi connectivity index (χ2n) is 4.57. The maximum absolute atomic E-state index is 2.30. The van der Waals surface area contributed by atoms with E-state index in [9.17, 15) is 0 Å². The number of unbranched alkanes of at least 4 members (excludes halogenated alkanes) is 5. The van der Waals surface area contributed by atoms with Crippen LogP contribution in [0.3, 0.4) is 0 Å². The van der Waals surface area contributed by atoms with Gasteiger partial charge in [0.25, 0.3) is 0 Å². The van der Waals surface area contributed by atoms with E-state index in [0.29, 0.717) is 0 Å². The molecule has 1 aromatic rings. The average molecular weight is 239 g/mol. The molecule has 0 unspecified atom stereocenters. The molecule has 0 amide bonds. The standard InChI is InChI=1S/C15H26N.FH/c1-3-5-6-7-8-9-12-16-13-10-15(4-2)11-14-16;/h10-11,13-14H,3-9,12H2,1-2H3;1H/q+1;/p-1. The zero-order chi connectivity index (χ0) is 11.6. The molecule has 0 saturated heterocycles. The van der Waals surface area contributed by atoms with Crippen LogP contribution in [0.25, 0.3) is 0 Å². The number of halogens is 1. The third-order valence-corrected chi connectivity index (χ3v) is 3.14. The Labute approximate surface area is 105 Å². The molecule has 0 bridgehead atoms. The largest absolute Gasteiger partial charge is 1.00 e. The summed E-state index contributed by atoms with van der Waals surface area (Å²) in [5, 5.41) is 0. The summed E-state index contributed by atoms with van der Waals surface area (Å²) in [5.74, 6) is 0. The van der Waals surface area contributed by atoms with Gasteiger partial charge in [-0.15, -0.1) is 0 Å². The van der Waals surface area contributed by atoms with Crippen LogP contribution in [0.5, 0.6) is 0 Å². The predicted octanol–water partition coefficient (Wildman–Crippen LogP) is 0.901. The molecule has 1 aromatic heterocycles. The highest BCUT2D eigenvalue weighted by Gasteiger charge is 1.99. The van der Waals surface area contributed by atoms with Crippen molar-refractivity contribution in [1.82, 2.24) is 0 Å². The first-order valence-electron chi connectivity index (χ1n) is 6.84. The molecule has 0 aliphatic rings. The monoisotopic (exact) mass is 239 g/mol. The van der Waals surface area contributed by atoms with Crippen LogP contribution in [-0.2, 0) is 13.0 Å². The lowest BCUT2D eigenvalue weighted by molar-refractivity contribution is -0.697. The summed E-state index contributed by atoms with van der Waals surface area (Å²) in [6, 6.07) is 4.47. The summed E-state index contributed by atoms with van der Waals surface area (Å²) >= 11 is 0. The Morgan fingerprint density at radius 2 is 1.47 bits per heavy atom. The minimum Gasteiger partial charge on any atom is -1.00 e. The van der Waals surface area contributed by atoms with Crippen LogP contribution in [0.15, 0.2) is 24.5 Å². The number of nitrogens with zero attached hydrogens (tertiary/aromatic N) is 1. The number of aromatic nitrogens is 1. The van der Waals surface area contributed by atoms with Crippen molar-refractivity contribution in [2.75, 3.05) is 0 Å². The van der Waals surface area contributed by atoms with Gasteiger partial charge < -0.3 is 4.70 Å². The fraction of sp³-hybridized carbons (Fsp3) is 0.667. The van der Waals surface area contributed by atoms with E-state index in [4.69, 9.17) is 0 Å². The Morgan fingerprint density at radius 3 is 2.06 bits per heavy atom. The molecule has 0 aliphatic heterocycles. The highest BCUT2D eigenvalue weighted by molar-refractivity contribution is 5.06. The van der Waals surface area contributed by atoms with E-state index in [2.05, 4.69) is 42.9 Å². The maximum atomic E-state index is 2.30. The number of hydrogen-bond donors (Lipinski definition) is 0. The number of hydrogen-bond acceptors (Lipinski definition) is 0. The highest BCUT2D eigenvalue weighted by atomic mass is 19.0. The summed E-state index contributed by atoms with van der Waals surface area (Å²) in [6.07, 6.45) is 13.8. The number of pyridine rings is 1. The first-order chi connectivity index (χ1) is 7.86. The quantitative estimate of drug-likeness (QED) is 0.469. The van der Waals surface area contributed by atoms with Gasteiger partial charge in [0, 0.05) is 18.6 Å². The molecule has 0 aliphatic carbocycles. The van der Waals surface area contributed by atoms with Crippen molar-refractivity contribution in [3.63, 3.8) is 0 Å². The van der Waals surface area contributed by atoms with Crippen molar-refractivity contribution in [1.29, 1.82) is 0 Å². The zero-order valence-electron chi connectivity index (χ0n) is 11.3. The van der Waals surface area contributed by atoms with Crippen LogP contribution in [-0.4, -0.2) is 0 Å². The zero-order valence-corrected chi connectivity index (χ0v) is 11.3. The van der Waals surface area contributed by atoms with Crippen LogP contribution in [0, 0.1) is 0 Å². The lowest BCUT2D eigenvalue weighted by Gasteiger charge is -1.99. The van der Waals surface area contributed by atoms with Crippen molar-refractivity contribution in [3.8, 4) is 0 Å². The Bertz CT molecular complexity index is 269. The molecular weight excluding hydrogens is 213 g/mol. The van der Waals surface area contributed by atoms with Gasteiger partial charge in [-0.3, -0.25) is 0 Å². The van der Waals surface area contributed by atoms with E-state index in [1.165, 1.54) is 50.6 Å². The lowest BCUT2D eigenvalue weighted by atomic mass is 10.1. The van der Waals surface area contributed by atoms with Gasteiger partial charge in [-0.2, -0.15) is 0 Å². The van der Waals surface area contributed by atoms with Gasteiger partial charge in [0.15, 0.2) is 12.4 Å². The molecule has 0 atom stereocenters. The molecule has 1 nitrogen and oxygen atoms in total. The molecule has 0 spiro atoms. The normalized spacial score (nSPS) is 10.0. The maximum Gasteiger partial charge on any atom is 0.169 e. The average Bonchev–Trinajstić information content (AvgIpc) is 2.34. The van der Waals surface area contributed by atoms with Gasteiger partial charge in [-0.1, -0.05) is 39.5 Å². The molecule has 1 heterocycles. The van der Waals surface area contributed by atoms with Crippen LogP contribution < -0.4 is 9.27 Å². The van der Waals surface area contributed by atoms with Crippen molar-refractivity contribution >= 4 is 0 Å². The van der Waals surface area contributed by atoms with Crippen LogP contribution in [0.1, 0.15) is 57.9 Å². The fourth-order valence-electron chi connectivity index (χ4n) is 1.95. The molecule has 0 fully saturated rings. The number of aryl methyl sites for hydroxylation is 2. The third kappa shape index (κ3) is 7.09. The minimum absolute atomic E-state index is 0. The molecule has 2 heteroatoms. The van der Waals surface area contributed by atoms with E-state index >= 15 is 0 Å². The molecule has 0 radical (unpaired) electrons. The van der Waals surface area contributed by atoms with Gasteiger partial charge in [0.05, 0.1) is 0 Å². The van der Waals surface area contributed by atoms with Crippen LogP contribution in [0.4, 0.5) is 0 Å². The molecule has 1 rings (SSSR count). The second-order valence-corrected chi connectivity index (χ2v) is 4.57. The lowest BCUT2D eigenvalue weighted by Crippen LogP contribution is -3.00. The molecular formula is C15H26FN. The van der Waals surface area contributed by atoms with E-state index in [-0.39, 0.29) is 4.70 Å². The Balaban J connectivity index is 0.00000256. The van der Waals surface area contributed by atoms with E-state index in [0.717, 1.165) is 6.42 Å². The first kappa shape index (κ1) is 16.1. The molecule has 0 N–H and O–H groups in total. The highest BCUT2D eigenvalue weighted by Crippen LogP contribution is 2.04. The smallest absolute Gasteiger partial charge is 0.169 e. The summed E-state index contributed by atoms with van der Waals surface area (Å²) in [4.78, 5) is 0. The van der Waals surface area contributed by atoms with Gasteiger partial charge in [-0.05, 0) is 18.4 Å². The van der Waals surface area contributed by atoms with Gasteiger partial charge >= 0.3 is 0 Å². The van der Waals surface area contributed by atoms with Crippen LogP contribution in [0.2, 0.25) is 0 Å². The molecule has 17 heavy (non-hydrogen) atoms. The van der Waals surface area contributed by atoms with Crippen LogP contribution >= 0.6 is 0 Å². The molecule has 0 aromatic carbocycles. The molecule has 0 saturated carbocycles.